The molecule has 1 aromatic rings. The van der Waals surface area contributed by atoms with Crippen LogP contribution in [0, 0.1) is 16.0 Å². The summed E-state index contributed by atoms with van der Waals surface area (Å²) in [7, 11) is 0. The first-order valence-corrected chi connectivity index (χ1v) is 7.85. The minimum atomic E-state index is -0.310. The lowest BCUT2D eigenvalue weighted by Gasteiger charge is -2.35. The van der Waals surface area contributed by atoms with Gasteiger partial charge < -0.3 is 5.32 Å². The molecule has 0 spiro atoms. The van der Waals surface area contributed by atoms with Crippen molar-refractivity contribution in [1.29, 1.82) is 0 Å². The van der Waals surface area contributed by atoms with E-state index >= 15 is 0 Å². The smallest absolute Gasteiger partial charge is 0.283 e. The van der Waals surface area contributed by atoms with Crippen LogP contribution in [0.4, 0.5) is 5.69 Å². The average molecular weight is 413 g/mol. The summed E-state index contributed by atoms with van der Waals surface area (Å²) in [4.78, 5) is 13.3. The molecule has 1 aliphatic carbocycles. The van der Waals surface area contributed by atoms with Gasteiger partial charge >= 0.3 is 0 Å². The fourth-order valence-corrected chi connectivity index (χ4v) is 3.40. The molecule has 0 amide bonds. The van der Waals surface area contributed by atoms with Crippen LogP contribution < -0.4 is 5.32 Å². The molecule has 5 nitrogen and oxygen atoms in total. The number of nitrogens with zero attached hydrogens (tertiary/aromatic N) is 2. The van der Waals surface area contributed by atoms with Crippen LogP contribution in [0.3, 0.4) is 0 Å². The first-order valence-electron chi connectivity index (χ1n) is 7.05. The summed E-state index contributed by atoms with van der Waals surface area (Å²) in [5.41, 5.74) is 1.26. The average Bonchev–Trinajstić information content (AvgIpc) is 3.26. The van der Waals surface area contributed by atoms with Crippen molar-refractivity contribution in [1.82, 2.24) is 10.2 Å². The lowest BCUT2D eigenvalue weighted by atomic mass is 9.99. The van der Waals surface area contributed by atoms with E-state index in [9.17, 15) is 10.1 Å². The second kappa shape index (κ2) is 8.45. The summed E-state index contributed by atoms with van der Waals surface area (Å²) in [6, 6.07) is 5.92. The molecule has 2 aliphatic rings. The van der Waals surface area contributed by atoms with Crippen molar-refractivity contribution in [3.63, 3.8) is 0 Å². The van der Waals surface area contributed by atoms with E-state index in [2.05, 4.69) is 26.1 Å². The highest BCUT2D eigenvalue weighted by molar-refractivity contribution is 9.10. The van der Waals surface area contributed by atoms with E-state index < -0.39 is 0 Å². The Labute approximate surface area is 150 Å². The van der Waals surface area contributed by atoms with Gasteiger partial charge in [-0.05, 0) is 46.3 Å². The second-order valence-corrected chi connectivity index (χ2v) is 6.39. The second-order valence-electron chi connectivity index (χ2n) is 5.54. The molecule has 3 rings (SSSR count). The van der Waals surface area contributed by atoms with Crippen molar-refractivity contribution in [3.8, 4) is 0 Å². The maximum atomic E-state index is 11.1. The molecule has 0 unspecified atom stereocenters. The molecule has 22 heavy (non-hydrogen) atoms. The fraction of sp³-hybridized carbons (Fsp3) is 0.571. The van der Waals surface area contributed by atoms with E-state index in [0.717, 1.165) is 31.7 Å². The van der Waals surface area contributed by atoms with E-state index in [4.69, 9.17) is 0 Å². The number of hydrogen-bond acceptors (Lipinski definition) is 4. The molecule has 0 aromatic heterocycles. The van der Waals surface area contributed by atoms with Crippen molar-refractivity contribution in [2.45, 2.75) is 18.9 Å². The number of nitro groups is 1. The van der Waals surface area contributed by atoms with Crippen molar-refractivity contribution >= 4 is 46.4 Å². The third kappa shape index (κ3) is 4.32. The van der Waals surface area contributed by atoms with Crippen LogP contribution >= 0.6 is 40.7 Å². The highest BCUT2D eigenvalue weighted by Crippen LogP contribution is 2.45. The molecule has 0 radical (unpaired) electrons. The predicted octanol–water partition coefficient (Wildman–Crippen LogP) is 3.56. The van der Waals surface area contributed by atoms with Crippen LogP contribution in [-0.4, -0.2) is 36.0 Å². The van der Waals surface area contributed by atoms with Gasteiger partial charge in [-0.25, -0.2) is 0 Å². The maximum Gasteiger partial charge on any atom is 0.283 e. The monoisotopic (exact) mass is 411 g/mol. The summed E-state index contributed by atoms with van der Waals surface area (Å²) < 4.78 is 0.557. The summed E-state index contributed by atoms with van der Waals surface area (Å²) in [6.07, 6.45) is 2.47. The van der Waals surface area contributed by atoms with Gasteiger partial charge in [0, 0.05) is 38.3 Å². The van der Waals surface area contributed by atoms with Gasteiger partial charge in [-0.15, -0.1) is 24.8 Å². The SMILES string of the molecule is Cl.Cl.O=[N+]([O-])c1cc([C@H](C2CC2)N2CCNCC2)ccc1Br. The summed E-state index contributed by atoms with van der Waals surface area (Å²) in [5.74, 6) is 0.661. The lowest BCUT2D eigenvalue weighted by molar-refractivity contribution is -0.385. The van der Waals surface area contributed by atoms with E-state index in [0.29, 0.717) is 16.4 Å². The molecule has 1 aromatic carbocycles. The molecule has 1 heterocycles. The van der Waals surface area contributed by atoms with Gasteiger partial charge in [0.2, 0.25) is 0 Å². The number of halogens is 3. The standard InChI is InChI=1S/C14H18BrN3O2.2ClH/c15-12-4-3-11(9-13(12)18(19)20)14(10-1-2-10)17-7-5-16-6-8-17;;/h3-4,9-10,14,16H,1-2,5-8H2;2*1H/t14-;;/m0../s1. The molecule has 1 N–H and O–H groups in total. The van der Waals surface area contributed by atoms with Gasteiger partial charge in [-0.2, -0.15) is 0 Å². The molecule has 124 valence electrons. The minimum Gasteiger partial charge on any atom is -0.314 e. The quantitative estimate of drug-likeness (QED) is 0.606. The molecule has 2 fully saturated rings. The van der Waals surface area contributed by atoms with Gasteiger partial charge in [0.25, 0.3) is 5.69 Å². The first-order chi connectivity index (χ1) is 9.66. The molecule has 1 aliphatic heterocycles. The summed E-state index contributed by atoms with van der Waals surface area (Å²) >= 11 is 3.26. The van der Waals surface area contributed by atoms with Crippen molar-refractivity contribution < 1.29 is 4.92 Å². The van der Waals surface area contributed by atoms with E-state index in [1.165, 1.54) is 12.8 Å². The van der Waals surface area contributed by atoms with Crippen LogP contribution in [0.25, 0.3) is 0 Å². The Hall–Kier alpha value is -0.400. The van der Waals surface area contributed by atoms with Gasteiger partial charge in [0.1, 0.15) is 0 Å². The normalized spacial score (nSPS) is 19.7. The van der Waals surface area contributed by atoms with Crippen LogP contribution in [0.15, 0.2) is 22.7 Å². The highest BCUT2D eigenvalue weighted by atomic mass is 79.9. The Bertz CT molecular complexity index is 523. The predicted molar refractivity (Wildman–Crippen MR) is 95.2 cm³/mol. The molecule has 0 bridgehead atoms. The third-order valence-corrected chi connectivity index (χ3v) is 4.79. The van der Waals surface area contributed by atoms with E-state index in [1.54, 1.807) is 6.07 Å². The maximum absolute atomic E-state index is 11.1. The van der Waals surface area contributed by atoms with Crippen LogP contribution in [0.1, 0.15) is 24.4 Å². The van der Waals surface area contributed by atoms with Crippen molar-refractivity contribution in [2.75, 3.05) is 26.2 Å². The number of rotatable bonds is 4. The number of piperazine rings is 1. The zero-order valence-electron chi connectivity index (χ0n) is 12.0. The topological polar surface area (TPSA) is 58.4 Å². The number of nitrogens with one attached hydrogen (secondary N) is 1. The third-order valence-electron chi connectivity index (χ3n) is 4.12. The first kappa shape index (κ1) is 19.6. The zero-order valence-corrected chi connectivity index (χ0v) is 15.3. The highest BCUT2D eigenvalue weighted by Gasteiger charge is 2.37. The fourth-order valence-electron chi connectivity index (χ4n) is 3.01. The minimum absolute atomic E-state index is 0. The summed E-state index contributed by atoms with van der Waals surface area (Å²) in [5, 5.41) is 14.5. The van der Waals surface area contributed by atoms with Crippen molar-refractivity contribution in [3.05, 3.63) is 38.3 Å². The molecular formula is C14H20BrCl2N3O2. The van der Waals surface area contributed by atoms with Crippen LogP contribution in [0.5, 0.6) is 0 Å². The Morgan fingerprint density at radius 2 is 1.91 bits per heavy atom. The van der Waals surface area contributed by atoms with E-state index in [-0.39, 0.29) is 35.4 Å². The van der Waals surface area contributed by atoms with Crippen molar-refractivity contribution in [2.24, 2.45) is 5.92 Å². The Morgan fingerprint density at radius 3 is 2.45 bits per heavy atom. The number of hydrogen-bond donors (Lipinski definition) is 1. The Morgan fingerprint density at radius 1 is 1.27 bits per heavy atom. The van der Waals surface area contributed by atoms with Gasteiger partial charge in [0.05, 0.1) is 9.40 Å². The Kier molecular flexibility index (Phi) is 7.55. The number of benzene rings is 1. The molecular weight excluding hydrogens is 393 g/mol. The molecule has 1 atom stereocenters. The lowest BCUT2D eigenvalue weighted by Crippen LogP contribution is -2.45. The van der Waals surface area contributed by atoms with Gasteiger partial charge in [-0.3, -0.25) is 15.0 Å². The van der Waals surface area contributed by atoms with Crippen LogP contribution in [-0.2, 0) is 0 Å². The Balaban J connectivity index is 0.00000121. The van der Waals surface area contributed by atoms with Gasteiger partial charge in [-0.1, -0.05) is 6.07 Å². The molecule has 8 heteroatoms. The van der Waals surface area contributed by atoms with E-state index in [1.807, 2.05) is 12.1 Å². The number of nitro benzene ring substituents is 1. The molecule has 1 saturated heterocycles. The largest absolute Gasteiger partial charge is 0.314 e. The zero-order chi connectivity index (χ0) is 14.1. The van der Waals surface area contributed by atoms with Gasteiger partial charge in [0.15, 0.2) is 0 Å². The molecule has 1 saturated carbocycles. The summed E-state index contributed by atoms with van der Waals surface area (Å²) in [6.45, 7) is 4.04. The van der Waals surface area contributed by atoms with Crippen LogP contribution in [0.2, 0.25) is 0 Å².